The quantitative estimate of drug-likeness (QED) is 0.134. The van der Waals surface area contributed by atoms with E-state index < -0.39 is 0 Å². The Kier molecular flexibility index (Phi) is 11.0. The summed E-state index contributed by atoms with van der Waals surface area (Å²) in [6.07, 6.45) is 7.72. The minimum Gasteiger partial charge on any atom is -0.493 e. The maximum absolute atomic E-state index is 13.5. The molecule has 6 aromatic rings. The van der Waals surface area contributed by atoms with Gasteiger partial charge < -0.3 is 19.8 Å². The minimum absolute atomic E-state index is 0.238. The van der Waals surface area contributed by atoms with Gasteiger partial charge in [0.25, 0.3) is 0 Å². The number of amides is 1. The first kappa shape index (κ1) is 35.6. The molecular formula is C39H40F2N6O3S. The first-order valence-electron chi connectivity index (χ1n) is 17.0. The minimum atomic E-state index is -0.276. The molecule has 0 aliphatic heterocycles. The summed E-state index contributed by atoms with van der Waals surface area (Å²) in [6.45, 7) is 6.79. The molecule has 2 N–H and O–H groups in total. The fourth-order valence-corrected chi connectivity index (χ4v) is 7.72. The number of methoxy groups -OCH3 is 1. The van der Waals surface area contributed by atoms with Crippen molar-refractivity contribution in [1.29, 1.82) is 0 Å². The maximum atomic E-state index is 13.5. The van der Waals surface area contributed by atoms with E-state index in [2.05, 4.69) is 15.2 Å². The van der Waals surface area contributed by atoms with Gasteiger partial charge in [-0.05, 0) is 92.5 Å². The zero-order valence-electron chi connectivity index (χ0n) is 29.1. The van der Waals surface area contributed by atoms with E-state index in [-0.39, 0.29) is 11.6 Å². The van der Waals surface area contributed by atoms with E-state index in [9.17, 15) is 13.6 Å². The van der Waals surface area contributed by atoms with Crippen molar-refractivity contribution >= 4 is 33.7 Å². The molecule has 4 aromatic heterocycles. The van der Waals surface area contributed by atoms with Gasteiger partial charge in [-0.3, -0.25) is 9.78 Å². The van der Waals surface area contributed by atoms with E-state index >= 15 is 0 Å². The van der Waals surface area contributed by atoms with Crippen molar-refractivity contribution in [2.75, 3.05) is 19.4 Å². The van der Waals surface area contributed by atoms with Crippen molar-refractivity contribution in [3.8, 4) is 27.6 Å². The summed E-state index contributed by atoms with van der Waals surface area (Å²) in [5.41, 5.74) is 13.7. The molecule has 4 heterocycles. The molecular weight excluding hydrogens is 671 g/mol. The summed E-state index contributed by atoms with van der Waals surface area (Å²) in [5.74, 6) is 1.22. The Balaban J connectivity index is 0.000000313. The number of nitrogen functional groups attached to an aromatic ring is 1. The Labute approximate surface area is 299 Å². The van der Waals surface area contributed by atoms with Crippen LogP contribution >= 0.6 is 11.3 Å². The molecule has 0 radical (unpaired) electrons. The third-order valence-corrected chi connectivity index (χ3v) is 10.2. The predicted octanol–water partition coefficient (Wildman–Crippen LogP) is 8.22. The van der Waals surface area contributed by atoms with Crippen molar-refractivity contribution in [3.63, 3.8) is 0 Å². The number of fused-ring (bicyclic) bond motifs is 2. The van der Waals surface area contributed by atoms with Gasteiger partial charge in [0.15, 0.2) is 11.6 Å². The number of nitrogens with zero attached hydrogens (tertiary/aromatic N) is 5. The lowest BCUT2D eigenvalue weighted by Crippen LogP contribution is -2.24. The van der Waals surface area contributed by atoms with Crippen LogP contribution in [-0.2, 0) is 37.0 Å². The van der Waals surface area contributed by atoms with Crippen LogP contribution in [0.25, 0.3) is 32.0 Å². The molecule has 2 aromatic carbocycles. The monoisotopic (exact) mass is 710 g/mol. The Morgan fingerprint density at radius 2 is 1.82 bits per heavy atom. The van der Waals surface area contributed by atoms with Crippen molar-refractivity contribution < 1.29 is 22.7 Å². The number of hydrogen-bond acceptors (Lipinski definition) is 9. The Morgan fingerprint density at radius 1 is 1.02 bits per heavy atom. The first-order valence-corrected chi connectivity index (χ1v) is 17.8. The molecule has 0 saturated carbocycles. The average molecular weight is 711 g/mol. The topological polar surface area (TPSA) is 120 Å². The molecule has 0 spiro atoms. The highest BCUT2D eigenvalue weighted by Crippen LogP contribution is 2.44. The zero-order chi connectivity index (χ0) is 36.1. The number of carbonyl (C=O) groups excluding carboxylic acids is 1. The molecule has 7 rings (SSSR count). The lowest BCUT2D eigenvalue weighted by atomic mass is 9.94. The molecule has 9 nitrogen and oxygen atoms in total. The van der Waals surface area contributed by atoms with Crippen LogP contribution in [0.3, 0.4) is 0 Å². The molecule has 0 fully saturated rings. The smallest absolute Gasteiger partial charge is 0.250 e. The van der Waals surface area contributed by atoms with Crippen molar-refractivity contribution in [3.05, 3.63) is 106 Å². The number of aromatic nitrogens is 4. The van der Waals surface area contributed by atoms with Crippen LogP contribution in [0, 0.1) is 25.5 Å². The molecule has 1 aliphatic rings. The second kappa shape index (κ2) is 15.8. The summed E-state index contributed by atoms with van der Waals surface area (Å²) in [5, 5.41) is 9.34. The van der Waals surface area contributed by atoms with Gasteiger partial charge in [-0.2, -0.15) is 0 Å². The molecule has 0 bridgehead atoms. The molecule has 0 unspecified atom stereocenters. The molecule has 1 aliphatic carbocycles. The number of halogens is 2. The number of pyridine rings is 2. The van der Waals surface area contributed by atoms with Crippen LogP contribution in [0.1, 0.15) is 59.3 Å². The normalized spacial score (nSPS) is 12.0. The van der Waals surface area contributed by atoms with Gasteiger partial charge >= 0.3 is 0 Å². The number of hydrogen-bond donors (Lipinski definition) is 1. The van der Waals surface area contributed by atoms with Crippen molar-refractivity contribution in [1.82, 2.24) is 25.1 Å². The van der Waals surface area contributed by atoms with Gasteiger partial charge in [-0.25, -0.2) is 13.8 Å². The van der Waals surface area contributed by atoms with Gasteiger partial charge in [-0.1, -0.05) is 25.1 Å². The second-order valence-corrected chi connectivity index (χ2v) is 13.6. The van der Waals surface area contributed by atoms with E-state index in [4.69, 9.17) is 19.9 Å². The molecule has 0 atom stereocenters. The van der Waals surface area contributed by atoms with Gasteiger partial charge in [-0.15, -0.1) is 21.5 Å². The van der Waals surface area contributed by atoms with E-state index in [1.165, 1.54) is 30.9 Å². The van der Waals surface area contributed by atoms with E-state index in [1.54, 1.807) is 41.5 Å². The average Bonchev–Trinajstić information content (AvgIpc) is 3.89. The third kappa shape index (κ3) is 7.75. The lowest BCUT2D eigenvalue weighted by molar-refractivity contribution is -0.118. The van der Waals surface area contributed by atoms with Crippen molar-refractivity contribution in [2.45, 2.75) is 65.8 Å². The highest BCUT2D eigenvalue weighted by molar-refractivity contribution is 7.22. The lowest BCUT2D eigenvalue weighted by Gasteiger charge is -2.21. The summed E-state index contributed by atoms with van der Waals surface area (Å²) in [4.78, 5) is 23.9. The number of aryl methyl sites for hydroxylation is 4. The van der Waals surface area contributed by atoms with E-state index in [1.807, 2.05) is 32.0 Å². The zero-order valence-corrected chi connectivity index (χ0v) is 29.9. The third-order valence-electron chi connectivity index (χ3n) is 9.04. The standard InChI is InChI=1S/C29H29FN6O2S.C10H11FO/c1-4-13-36(16-37)15-23-17(2)26(25-14-21-24(39-25)11-12-32-28(21)31)27(29-35-34-18(3)38-29)22(33-23)10-7-19-5-8-20(30)9-6-19;1-12-10-8-4-2-3-7(8)5-6-9(10)11/h5-6,8-9,11-12,14,16H,4,7,10,13,15H2,1-3H3,(H2,31,32);5-6H,2-4H2,1H3. The number of anilines is 1. The molecule has 51 heavy (non-hydrogen) atoms. The van der Waals surface area contributed by atoms with Gasteiger partial charge in [0.05, 0.1) is 30.6 Å². The Hall–Kier alpha value is -5.23. The molecule has 264 valence electrons. The predicted molar refractivity (Wildman–Crippen MR) is 196 cm³/mol. The number of ether oxygens (including phenoxy) is 1. The molecule has 12 heteroatoms. The second-order valence-electron chi connectivity index (χ2n) is 12.5. The van der Waals surface area contributed by atoms with Gasteiger partial charge in [0.2, 0.25) is 18.2 Å². The van der Waals surface area contributed by atoms with E-state index in [0.717, 1.165) is 86.3 Å². The van der Waals surface area contributed by atoms with Crippen LogP contribution in [0.2, 0.25) is 0 Å². The SMILES string of the molecule is CCCN(C=O)Cc1nc(CCc2ccc(F)cc2)c(-c2nnc(C)o2)c(-c2cc3c(N)nccc3s2)c1C.COc1c(F)ccc2c1CCC2. The fourth-order valence-electron chi connectivity index (χ4n) is 6.54. The van der Waals surface area contributed by atoms with Crippen LogP contribution < -0.4 is 10.5 Å². The highest BCUT2D eigenvalue weighted by Gasteiger charge is 2.26. The van der Waals surface area contributed by atoms with E-state index in [0.29, 0.717) is 49.3 Å². The summed E-state index contributed by atoms with van der Waals surface area (Å²) >= 11 is 1.60. The van der Waals surface area contributed by atoms with Crippen LogP contribution in [0.15, 0.2) is 59.1 Å². The number of benzene rings is 2. The Bertz CT molecular complexity index is 2170. The molecule has 0 saturated heterocycles. The van der Waals surface area contributed by atoms with Crippen LogP contribution in [0.4, 0.5) is 14.6 Å². The van der Waals surface area contributed by atoms with Crippen molar-refractivity contribution in [2.24, 2.45) is 0 Å². The Morgan fingerprint density at radius 3 is 2.51 bits per heavy atom. The number of thiophene rings is 1. The number of carbonyl (C=O) groups is 1. The fraction of sp³-hybridized carbons (Fsp3) is 0.308. The maximum Gasteiger partial charge on any atom is 0.250 e. The molecule has 1 amide bonds. The van der Waals surface area contributed by atoms with Gasteiger partial charge in [0, 0.05) is 45.8 Å². The summed E-state index contributed by atoms with van der Waals surface area (Å²) in [6, 6.07) is 13.8. The highest BCUT2D eigenvalue weighted by atomic mass is 32.1. The largest absolute Gasteiger partial charge is 0.493 e. The van der Waals surface area contributed by atoms with Crippen LogP contribution in [0.5, 0.6) is 5.75 Å². The summed E-state index contributed by atoms with van der Waals surface area (Å²) < 4.78 is 38.6. The number of nitrogens with two attached hydrogens (primary N) is 1. The number of rotatable bonds is 11. The van der Waals surface area contributed by atoms with Crippen LogP contribution in [-0.4, -0.2) is 45.1 Å². The first-order chi connectivity index (χ1) is 24.7. The van der Waals surface area contributed by atoms with Gasteiger partial charge in [0.1, 0.15) is 11.6 Å². The summed E-state index contributed by atoms with van der Waals surface area (Å²) in [7, 11) is 1.52.